The topological polar surface area (TPSA) is 28.9 Å². The summed E-state index contributed by atoms with van der Waals surface area (Å²) >= 11 is 14.2. The first-order chi connectivity index (χ1) is 6.09. The van der Waals surface area contributed by atoms with E-state index in [1.165, 1.54) is 0 Å². The Bertz CT molecular complexity index is 531. The molecular weight excluding hydrogens is 274 g/mol. The van der Waals surface area contributed by atoms with Gasteiger partial charge in [-0.05, 0) is 30.8 Å². The fourth-order valence-corrected chi connectivity index (χ4v) is 2.15. The highest BCUT2D eigenvalue weighted by Crippen LogP contribution is 2.31. The quantitative estimate of drug-likeness (QED) is 0.731. The van der Waals surface area contributed by atoms with Gasteiger partial charge >= 0.3 is 0 Å². The fourth-order valence-electron chi connectivity index (χ4n) is 1.16. The van der Waals surface area contributed by atoms with E-state index in [-0.39, 0.29) is 0 Å². The van der Waals surface area contributed by atoms with Crippen LogP contribution in [-0.4, -0.2) is 4.98 Å². The summed E-state index contributed by atoms with van der Waals surface area (Å²) in [6, 6.07) is 1.80. The molecule has 2 aromatic rings. The van der Waals surface area contributed by atoms with Crippen LogP contribution in [0.25, 0.3) is 11.1 Å². The van der Waals surface area contributed by atoms with Crippen molar-refractivity contribution in [3.63, 3.8) is 0 Å². The fraction of sp³-hybridized carbons (Fsp3) is 0.125. The first kappa shape index (κ1) is 9.24. The van der Waals surface area contributed by atoms with E-state index in [0.29, 0.717) is 15.4 Å². The summed E-state index contributed by atoms with van der Waals surface area (Å²) in [5.74, 6) is 0. The zero-order valence-electron chi connectivity index (χ0n) is 6.65. The van der Waals surface area contributed by atoms with E-state index in [1.807, 2.05) is 6.92 Å². The predicted octanol–water partition coefficient (Wildman–Crippen LogP) is 4.21. The number of benzene rings is 1. The molecule has 1 aromatic heterocycles. The van der Waals surface area contributed by atoms with Crippen molar-refractivity contribution in [2.45, 2.75) is 6.92 Å². The molecule has 0 aliphatic carbocycles. The Morgan fingerprint density at radius 3 is 3.00 bits per heavy atom. The van der Waals surface area contributed by atoms with E-state index < -0.39 is 0 Å². The third-order valence-corrected chi connectivity index (χ3v) is 3.14. The average molecular weight is 279 g/mol. The number of H-pyrrole nitrogens is 1. The minimum atomic E-state index is 0.345. The molecule has 2 nitrogen and oxygen atoms in total. The molecule has 0 fully saturated rings. The van der Waals surface area contributed by atoms with Crippen molar-refractivity contribution in [2.24, 2.45) is 0 Å². The number of hydrogen-bond donors (Lipinski definition) is 1. The molecule has 0 saturated carbocycles. The zero-order valence-corrected chi connectivity index (χ0v) is 9.81. The number of hydrogen-bond acceptors (Lipinski definition) is 2. The molecule has 0 saturated heterocycles. The molecular formula is C8H5BrClNOS. The van der Waals surface area contributed by atoms with Gasteiger partial charge < -0.3 is 9.40 Å². The largest absolute Gasteiger partial charge is 0.428 e. The second-order valence-corrected chi connectivity index (χ2v) is 4.32. The molecule has 0 unspecified atom stereocenters. The Morgan fingerprint density at radius 2 is 2.31 bits per heavy atom. The van der Waals surface area contributed by atoms with Crippen LogP contribution in [0.4, 0.5) is 0 Å². The smallest absolute Gasteiger partial charge is 0.266 e. The molecule has 0 aliphatic heterocycles. The number of aromatic amines is 1. The van der Waals surface area contributed by atoms with Crippen molar-refractivity contribution in [3.8, 4) is 0 Å². The number of nitrogens with one attached hydrogen (secondary N) is 1. The van der Waals surface area contributed by atoms with Crippen LogP contribution in [0, 0.1) is 11.8 Å². The van der Waals surface area contributed by atoms with Crippen LogP contribution < -0.4 is 0 Å². The predicted molar refractivity (Wildman–Crippen MR) is 58.8 cm³/mol. The maximum Gasteiger partial charge on any atom is 0.266 e. The summed E-state index contributed by atoms with van der Waals surface area (Å²) in [5, 5.41) is 0.555. The highest BCUT2D eigenvalue weighted by Gasteiger charge is 2.09. The minimum Gasteiger partial charge on any atom is -0.428 e. The molecule has 2 rings (SSSR count). The molecule has 1 heterocycles. The van der Waals surface area contributed by atoms with E-state index in [0.717, 1.165) is 15.6 Å². The van der Waals surface area contributed by atoms with Crippen molar-refractivity contribution in [3.05, 3.63) is 26.0 Å². The van der Waals surface area contributed by atoms with Gasteiger partial charge in [0.1, 0.15) is 0 Å². The van der Waals surface area contributed by atoms with Crippen molar-refractivity contribution < 1.29 is 4.42 Å². The zero-order chi connectivity index (χ0) is 9.59. The van der Waals surface area contributed by atoms with Gasteiger partial charge in [-0.1, -0.05) is 27.5 Å². The van der Waals surface area contributed by atoms with Crippen LogP contribution in [-0.2, 0) is 0 Å². The Kier molecular flexibility index (Phi) is 2.21. The molecule has 1 aromatic carbocycles. The summed E-state index contributed by atoms with van der Waals surface area (Å²) in [6.45, 7) is 1.96. The van der Waals surface area contributed by atoms with Crippen molar-refractivity contribution >= 4 is 50.8 Å². The Hall–Kier alpha value is -0.320. The number of halogens is 2. The van der Waals surface area contributed by atoms with Gasteiger partial charge in [0.05, 0.1) is 10.5 Å². The van der Waals surface area contributed by atoms with Crippen LogP contribution in [0.5, 0.6) is 0 Å². The van der Waals surface area contributed by atoms with E-state index in [9.17, 15) is 0 Å². The van der Waals surface area contributed by atoms with Gasteiger partial charge in [0, 0.05) is 4.47 Å². The van der Waals surface area contributed by atoms with Gasteiger partial charge in [0.2, 0.25) is 0 Å². The summed E-state index contributed by atoms with van der Waals surface area (Å²) in [7, 11) is 0. The SMILES string of the molecule is Cc1c(Br)cc(Cl)c2oc(=S)[nH]c12. The van der Waals surface area contributed by atoms with Crippen LogP contribution in [0.15, 0.2) is 15.0 Å². The number of oxazole rings is 1. The Labute approximate surface area is 93.0 Å². The van der Waals surface area contributed by atoms with Crippen LogP contribution in [0.3, 0.4) is 0 Å². The Balaban J connectivity index is 3.04. The van der Waals surface area contributed by atoms with Crippen molar-refractivity contribution in [2.75, 3.05) is 0 Å². The van der Waals surface area contributed by atoms with Crippen molar-refractivity contribution in [1.29, 1.82) is 0 Å². The summed E-state index contributed by atoms with van der Waals surface area (Å²) < 4.78 is 6.18. The molecule has 0 aliphatic rings. The van der Waals surface area contributed by atoms with Gasteiger partial charge in [-0.2, -0.15) is 0 Å². The molecule has 68 valence electrons. The molecule has 0 bridgehead atoms. The van der Waals surface area contributed by atoms with Crippen LogP contribution in [0.2, 0.25) is 5.02 Å². The number of aryl methyl sites for hydroxylation is 1. The van der Waals surface area contributed by atoms with Gasteiger partial charge in [-0.15, -0.1) is 0 Å². The maximum absolute atomic E-state index is 5.96. The lowest BCUT2D eigenvalue weighted by Gasteiger charge is -1.99. The van der Waals surface area contributed by atoms with E-state index in [1.54, 1.807) is 6.07 Å². The molecule has 0 spiro atoms. The second kappa shape index (κ2) is 3.12. The van der Waals surface area contributed by atoms with E-state index in [4.69, 9.17) is 28.2 Å². The van der Waals surface area contributed by atoms with Gasteiger partial charge in [0.15, 0.2) is 5.58 Å². The third kappa shape index (κ3) is 1.43. The van der Waals surface area contributed by atoms with E-state index >= 15 is 0 Å². The minimum absolute atomic E-state index is 0.345. The van der Waals surface area contributed by atoms with E-state index in [2.05, 4.69) is 20.9 Å². The number of fused-ring (bicyclic) bond motifs is 1. The molecule has 13 heavy (non-hydrogen) atoms. The average Bonchev–Trinajstić information content (AvgIpc) is 2.44. The van der Waals surface area contributed by atoms with Gasteiger partial charge in [-0.3, -0.25) is 0 Å². The summed E-state index contributed by atoms with van der Waals surface area (Å²) in [5.41, 5.74) is 2.51. The molecule has 0 radical (unpaired) electrons. The molecule has 5 heteroatoms. The second-order valence-electron chi connectivity index (χ2n) is 2.68. The normalized spacial score (nSPS) is 11.0. The Morgan fingerprint density at radius 1 is 1.62 bits per heavy atom. The summed E-state index contributed by atoms with van der Waals surface area (Å²) in [4.78, 5) is 3.29. The molecule has 0 atom stereocenters. The molecule has 0 amide bonds. The summed E-state index contributed by atoms with van der Waals surface area (Å²) in [6.07, 6.45) is 0. The van der Waals surface area contributed by atoms with Crippen LogP contribution in [0.1, 0.15) is 5.56 Å². The lowest BCUT2D eigenvalue weighted by Crippen LogP contribution is -1.79. The number of rotatable bonds is 0. The first-order valence-electron chi connectivity index (χ1n) is 3.57. The monoisotopic (exact) mass is 277 g/mol. The highest BCUT2D eigenvalue weighted by molar-refractivity contribution is 9.10. The number of aromatic nitrogens is 1. The van der Waals surface area contributed by atoms with Gasteiger partial charge in [0.25, 0.3) is 4.84 Å². The van der Waals surface area contributed by atoms with Crippen molar-refractivity contribution in [1.82, 2.24) is 4.98 Å². The maximum atomic E-state index is 5.96. The van der Waals surface area contributed by atoms with Crippen LogP contribution >= 0.6 is 39.7 Å². The third-order valence-electron chi connectivity index (χ3n) is 1.85. The lowest BCUT2D eigenvalue weighted by atomic mass is 10.2. The van der Waals surface area contributed by atoms with Gasteiger partial charge in [-0.25, -0.2) is 0 Å². The first-order valence-corrected chi connectivity index (χ1v) is 5.15. The molecule has 1 N–H and O–H groups in total. The lowest BCUT2D eigenvalue weighted by molar-refractivity contribution is 0.583. The standard InChI is InChI=1S/C8H5BrClNOS/c1-3-4(9)2-5(10)7-6(3)11-8(13)12-7/h2H,1H3,(H,11,13). The highest BCUT2D eigenvalue weighted by atomic mass is 79.9.